The average molecular weight is 539 g/mol. The Morgan fingerprint density at radius 1 is 1.24 bits per heavy atom. The van der Waals surface area contributed by atoms with Crippen molar-refractivity contribution in [3.8, 4) is 11.3 Å². The predicted octanol–water partition coefficient (Wildman–Crippen LogP) is 3.30. The summed E-state index contributed by atoms with van der Waals surface area (Å²) in [7, 11) is 1.84. The van der Waals surface area contributed by atoms with Crippen LogP contribution >= 0.6 is 11.5 Å². The molecule has 5 heterocycles. The Kier molecular flexibility index (Phi) is 9.79. The molecule has 0 bridgehead atoms. The number of aromatic nitrogens is 6. The molecule has 204 valence electrons. The van der Waals surface area contributed by atoms with Gasteiger partial charge >= 0.3 is 0 Å². The Labute approximate surface area is 227 Å². The molecule has 5 rings (SSSR count). The Hall–Kier alpha value is -3.35. The minimum Gasteiger partial charge on any atom is -0.357 e. The summed E-state index contributed by atoms with van der Waals surface area (Å²) in [5, 5.41) is 14.2. The van der Waals surface area contributed by atoms with Crippen molar-refractivity contribution in [3.05, 3.63) is 42.2 Å². The number of nitrogens with one attached hydrogen (secondary N) is 3. The molecule has 0 aromatic carbocycles. The molecule has 38 heavy (non-hydrogen) atoms. The predicted molar refractivity (Wildman–Crippen MR) is 152 cm³/mol. The van der Waals surface area contributed by atoms with E-state index < -0.39 is 0 Å². The van der Waals surface area contributed by atoms with Crippen molar-refractivity contribution in [2.45, 2.75) is 46.7 Å². The zero-order chi connectivity index (χ0) is 26.9. The van der Waals surface area contributed by atoms with Crippen molar-refractivity contribution in [3.63, 3.8) is 0 Å². The zero-order valence-electron chi connectivity index (χ0n) is 22.6. The second-order valence-corrected chi connectivity index (χ2v) is 10.4. The molecule has 4 aromatic rings. The number of carbonyl (C=O) groups excluding carboxylic acids is 1. The monoisotopic (exact) mass is 538 g/mol. The highest BCUT2D eigenvalue weighted by molar-refractivity contribution is 7.10. The zero-order valence-corrected chi connectivity index (χ0v) is 23.5. The van der Waals surface area contributed by atoms with Gasteiger partial charge in [0.15, 0.2) is 11.5 Å². The number of carbonyl (C=O) groups is 1. The number of nitrogens with zero attached hydrogens (tertiary/aromatic N) is 7. The molecule has 3 N–H and O–H groups in total. The second-order valence-electron chi connectivity index (χ2n) is 9.62. The van der Waals surface area contributed by atoms with Gasteiger partial charge in [-0.1, -0.05) is 6.92 Å². The summed E-state index contributed by atoms with van der Waals surface area (Å²) < 4.78 is 8.67. The van der Waals surface area contributed by atoms with Crippen LogP contribution in [0.25, 0.3) is 16.9 Å². The van der Waals surface area contributed by atoms with Crippen LogP contribution in [-0.2, 0) is 17.9 Å². The van der Waals surface area contributed by atoms with Crippen molar-refractivity contribution in [2.75, 3.05) is 38.5 Å². The number of likely N-dealkylation sites (N-methyl/N-ethyl adjacent to an activating group) is 1. The van der Waals surface area contributed by atoms with Crippen molar-refractivity contribution >= 4 is 34.4 Å². The quantitative estimate of drug-likeness (QED) is 0.208. The molecule has 1 amide bonds. The van der Waals surface area contributed by atoms with Crippen LogP contribution in [0, 0.1) is 12.8 Å². The topological polar surface area (TPSA) is 117 Å². The third-order valence-electron chi connectivity index (χ3n) is 6.40. The van der Waals surface area contributed by atoms with Crippen molar-refractivity contribution in [1.29, 1.82) is 0 Å². The van der Waals surface area contributed by atoms with Crippen LogP contribution in [0.15, 0.2) is 30.9 Å². The summed E-state index contributed by atoms with van der Waals surface area (Å²) in [6.45, 7) is 12.0. The lowest BCUT2D eigenvalue weighted by Crippen LogP contribution is -2.33. The molecule has 1 aliphatic rings. The summed E-state index contributed by atoms with van der Waals surface area (Å²) in [6, 6.07) is 2.14. The molecule has 4 aromatic heterocycles. The van der Waals surface area contributed by atoms with Gasteiger partial charge in [0.2, 0.25) is 6.41 Å². The summed E-state index contributed by atoms with van der Waals surface area (Å²) in [5.41, 5.74) is 4.88. The molecule has 0 spiro atoms. The lowest BCUT2D eigenvalue weighted by Gasteiger charge is -2.30. The Bertz CT molecular complexity index is 1310. The van der Waals surface area contributed by atoms with Crippen molar-refractivity contribution in [2.24, 2.45) is 5.92 Å². The fourth-order valence-electron chi connectivity index (χ4n) is 4.55. The number of likely N-dealkylation sites (tertiary alicyclic amines) is 1. The SMILES string of the molecule is CCn1cc(-c2cnc3c(Nc4cc(CN5CCCC(C)C5)ns4)nc(C)cn23)cn1.CNCCNC=O. The molecule has 0 saturated carbocycles. The summed E-state index contributed by atoms with van der Waals surface area (Å²) >= 11 is 1.48. The molecule has 1 saturated heterocycles. The smallest absolute Gasteiger partial charge is 0.207 e. The van der Waals surface area contributed by atoms with Crippen molar-refractivity contribution < 1.29 is 4.79 Å². The fraction of sp³-hybridized carbons (Fsp3) is 0.500. The molecular formula is C26H38N10OS. The second kappa shape index (κ2) is 13.4. The van der Waals surface area contributed by atoms with E-state index in [1.807, 2.05) is 43.4 Å². The molecule has 1 fully saturated rings. The molecule has 1 aliphatic heterocycles. The van der Waals surface area contributed by atoms with Gasteiger partial charge in [-0.2, -0.15) is 9.47 Å². The highest BCUT2D eigenvalue weighted by atomic mass is 32.1. The third kappa shape index (κ3) is 7.15. The first kappa shape index (κ1) is 27.7. The van der Waals surface area contributed by atoms with Gasteiger partial charge < -0.3 is 16.0 Å². The van der Waals surface area contributed by atoms with Crippen LogP contribution in [0.3, 0.4) is 0 Å². The van der Waals surface area contributed by atoms with Crippen LogP contribution in [0.1, 0.15) is 38.1 Å². The van der Waals surface area contributed by atoms with Gasteiger partial charge in [0, 0.05) is 50.7 Å². The number of rotatable bonds is 10. The first-order valence-electron chi connectivity index (χ1n) is 13.1. The largest absolute Gasteiger partial charge is 0.357 e. The maximum Gasteiger partial charge on any atom is 0.207 e. The van der Waals surface area contributed by atoms with Crippen LogP contribution in [0.5, 0.6) is 0 Å². The van der Waals surface area contributed by atoms with Crippen LogP contribution in [-0.4, -0.2) is 73.1 Å². The van der Waals surface area contributed by atoms with E-state index in [1.165, 1.54) is 24.4 Å². The molecule has 0 radical (unpaired) electrons. The number of amides is 1. The fourth-order valence-corrected chi connectivity index (χ4v) is 5.21. The number of hydrogen-bond acceptors (Lipinski definition) is 9. The van der Waals surface area contributed by atoms with E-state index in [1.54, 1.807) is 0 Å². The average Bonchev–Trinajstić information content (AvgIpc) is 3.65. The van der Waals surface area contributed by atoms with Gasteiger partial charge in [0.05, 0.1) is 29.5 Å². The highest BCUT2D eigenvalue weighted by Crippen LogP contribution is 2.28. The van der Waals surface area contributed by atoms with Gasteiger partial charge in [-0.25, -0.2) is 9.97 Å². The van der Waals surface area contributed by atoms with Crippen molar-refractivity contribution in [1.82, 2.24) is 44.1 Å². The Morgan fingerprint density at radius 2 is 2.11 bits per heavy atom. The lowest BCUT2D eigenvalue weighted by atomic mass is 10.0. The summed E-state index contributed by atoms with van der Waals surface area (Å²) in [6.07, 6.45) is 11.1. The molecule has 11 nitrogen and oxygen atoms in total. The minimum atomic E-state index is 0.692. The molecular weight excluding hydrogens is 500 g/mol. The van der Waals surface area contributed by atoms with Gasteiger partial charge in [-0.05, 0) is 63.8 Å². The molecule has 1 unspecified atom stereocenters. The van der Waals surface area contributed by atoms with Gasteiger partial charge in [0.1, 0.15) is 5.00 Å². The van der Waals surface area contributed by atoms with E-state index >= 15 is 0 Å². The van der Waals surface area contributed by atoms with E-state index in [0.29, 0.717) is 13.0 Å². The number of imidazole rings is 1. The van der Waals surface area contributed by atoms with Gasteiger partial charge in [-0.15, -0.1) is 0 Å². The highest BCUT2D eigenvalue weighted by Gasteiger charge is 2.18. The minimum absolute atomic E-state index is 0.692. The number of anilines is 2. The summed E-state index contributed by atoms with van der Waals surface area (Å²) in [4.78, 5) is 21.4. The maximum absolute atomic E-state index is 9.54. The number of fused-ring (bicyclic) bond motifs is 1. The standard InChI is InChI=1S/C22H28N8S.C4H10N2O/c1-4-29-13-17(9-24-29)19-10-23-22-21(25-16(3)12-30(19)22)26-20-8-18(27-31-20)14-28-7-5-6-15(2)11-28;1-5-2-3-6-4-7/h8-10,12-13,15H,4-7,11,14H2,1-3H3,(H,25,26);4-5H,2-3H2,1H3,(H,6,7). The van der Waals surface area contributed by atoms with E-state index in [9.17, 15) is 4.79 Å². The lowest BCUT2D eigenvalue weighted by molar-refractivity contribution is -0.109. The first-order valence-corrected chi connectivity index (χ1v) is 13.9. The third-order valence-corrected chi connectivity index (χ3v) is 7.14. The summed E-state index contributed by atoms with van der Waals surface area (Å²) in [5.74, 6) is 1.52. The normalized spacial score (nSPS) is 15.7. The molecule has 0 aliphatic carbocycles. The molecule has 12 heteroatoms. The Balaban J connectivity index is 0.000000426. The van der Waals surface area contributed by atoms with E-state index in [4.69, 9.17) is 4.98 Å². The number of aryl methyl sites for hydroxylation is 2. The molecule has 1 atom stereocenters. The van der Waals surface area contributed by atoms with E-state index in [0.717, 1.165) is 77.8 Å². The number of piperidine rings is 1. The van der Waals surface area contributed by atoms with Gasteiger partial charge in [-0.3, -0.25) is 18.8 Å². The van der Waals surface area contributed by atoms with E-state index in [-0.39, 0.29) is 0 Å². The maximum atomic E-state index is 9.54. The van der Waals surface area contributed by atoms with E-state index in [2.05, 4.69) is 59.6 Å². The van der Waals surface area contributed by atoms with Crippen LogP contribution in [0.4, 0.5) is 10.8 Å². The van der Waals surface area contributed by atoms with Gasteiger partial charge in [0.25, 0.3) is 0 Å². The number of hydrogen-bond donors (Lipinski definition) is 3. The van der Waals surface area contributed by atoms with Crippen LogP contribution in [0.2, 0.25) is 0 Å². The first-order chi connectivity index (χ1) is 18.5. The Morgan fingerprint density at radius 3 is 2.84 bits per heavy atom. The van der Waals surface area contributed by atoms with Crippen LogP contribution < -0.4 is 16.0 Å².